The third kappa shape index (κ3) is 4.79. The number of anilines is 1. The molecule has 13 heteroatoms. The Morgan fingerprint density at radius 2 is 2.09 bits per heavy atom. The summed E-state index contributed by atoms with van der Waals surface area (Å²) in [6, 6.07) is 4.67. The highest BCUT2D eigenvalue weighted by molar-refractivity contribution is 6.04. The lowest BCUT2D eigenvalue weighted by atomic mass is 9.95. The number of nitrogens with one attached hydrogen (secondary N) is 1. The molecule has 7 rings (SSSR count). The Labute approximate surface area is 262 Å². The van der Waals surface area contributed by atoms with Crippen LogP contribution in [-0.4, -0.2) is 88.5 Å². The molecule has 46 heavy (non-hydrogen) atoms. The topological polar surface area (TPSA) is 113 Å². The van der Waals surface area contributed by atoms with Crippen LogP contribution in [0.4, 0.5) is 19.0 Å². The maximum Gasteiger partial charge on any atom is 0.319 e. The third-order valence-electron chi connectivity index (χ3n) is 9.25. The molecule has 2 N–H and O–H groups in total. The number of fused-ring (bicyclic) bond motifs is 2. The van der Waals surface area contributed by atoms with E-state index in [1.807, 2.05) is 6.92 Å². The molecule has 1 amide bonds. The summed E-state index contributed by atoms with van der Waals surface area (Å²) in [7, 11) is 1.51. The van der Waals surface area contributed by atoms with Crippen LogP contribution in [0.15, 0.2) is 24.3 Å². The Hall–Kier alpha value is -4.83. The van der Waals surface area contributed by atoms with E-state index in [0.29, 0.717) is 18.4 Å². The van der Waals surface area contributed by atoms with Gasteiger partial charge in [-0.15, -0.1) is 6.42 Å². The van der Waals surface area contributed by atoms with Crippen LogP contribution in [0.3, 0.4) is 0 Å². The van der Waals surface area contributed by atoms with Gasteiger partial charge in [-0.05, 0) is 49.9 Å². The van der Waals surface area contributed by atoms with E-state index < -0.39 is 29.4 Å². The lowest BCUT2D eigenvalue weighted by Crippen LogP contribution is -2.44. The first kappa shape index (κ1) is 29.9. The Bertz CT molecular complexity index is 1950. The number of carbonyl (C=O) groups is 1. The number of terminal acetylenes is 1. The van der Waals surface area contributed by atoms with E-state index in [2.05, 4.69) is 31.1 Å². The normalized spacial score (nSPS) is 22.4. The van der Waals surface area contributed by atoms with Crippen molar-refractivity contribution in [1.82, 2.24) is 25.2 Å². The summed E-state index contributed by atoms with van der Waals surface area (Å²) in [6.07, 6.45) is 6.65. The molecule has 3 aliphatic rings. The van der Waals surface area contributed by atoms with Gasteiger partial charge >= 0.3 is 6.01 Å². The number of hydrogen-bond acceptors (Lipinski definition) is 9. The summed E-state index contributed by atoms with van der Waals surface area (Å²) in [4.78, 5) is 30.0. The van der Waals surface area contributed by atoms with Crippen LogP contribution in [0, 0.1) is 24.0 Å². The van der Waals surface area contributed by atoms with Crippen molar-refractivity contribution in [3.05, 3.63) is 41.5 Å². The van der Waals surface area contributed by atoms with Crippen LogP contribution in [-0.2, 0) is 4.79 Å². The summed E-state index contributed by atoms with van der Waals surface area (Å²) in [5, 5.41) is 13.8. The van der Waals surface area contributed by atoms with Gasteiger partial charge in [-0.25, -0.2) is 18.2 Å². The molecule has 3 atom stereocenters. The van der Waals surface area contributed by atoms with Gasteiger partial charge in [-0.3, -0.25) is 9.69 Å². The molecular formula is C33H31F3N6O4. The summed E-state index contributed by atoms with van der Waals surface area (Å²) in [5.41, 5.74) is -1.12. The van der Waals surface area contributed by atoms with Gasteiger partial charge < -0.3 is 24.8 Å². The molecule has 3 aliphatic heterocycles. The molecule has 2 saturated heterocycles. The Balaban J connectivity index is 1.45. The van der Waals surface area contributed by atoms with Gasteiger partial charge in [0.2, 0.25) is 11.8 Å². The number of aromatic hydroxyl groups is 1. The fourth-order valence-electron chi connectivity index (χ4n) is 7.02. The smallest absolute Gasteiger partial charge is 0.319 e. The van der Waals surface area contributed by atoms with Crippen LogP contribution in [0.2, 0.25) is 0 Å². The van der Waals surface area contributed by atoms with Crippen molar-refractivity contribution < 1.29 is 32.5 Å². The fraction of sp³-hybridized carbons (Fsp3) is 0.394. The number of rotatable bonds is 6. The van der Waals surface area contributed by atoms with Gasteiger partial charge in [0, 0.05) is 31.0 Å². The molecule has 238 valence electrons. The average Bonchev–Trinajstić information content (AvgIpc) is 3.53. The van der Waals surface area contributed by atoms with Gasteiger partial charge in [0.25, 0.3) is 0 Å². The second-order valence-corrected chi connectivity index (χ2v) is 12.1. The highest BCUT2D eigenvalue weighted by Crippen LogP contribution is 2.44. The minimum atomic E-state index is -0.976. The number of amides is 1. The SMILES string of the molecule is C#Cc1c(F)ccc2cc(O)cc(-c3nc4c5c(nc(OC[C@@]67CCCN6C[C@H](F)C7)nc5c3F)N(CC(=O)NC)[C@@H](C)CO4)c12. The summed E-state index contributed by atoms with van der Waals surface area (Å²) in [5.74, 6) is 0.337. The quantitative estimate of drug-likeness (QED) is 0.304. The number of likely N-dealkylation sites (N-methyl/N-ethyl adjacent to an activating group) is 1. The molecule has 0 aliphatic carbocycles. The molecular weight excluding hydrogens is 601 g/mol. The summed E-state index contributed by atoms with van der Waals surface area (Å²) >= 11 is 0. The molecule has 0 bridgehead atoms. The Morgan fingerprint density at radius 1 is 1.26 bits per heavy atom. The fourth-order valence-corrected chi connectivity index (χ4v) is 7.02. The predicted octanol–water partition coefficient (Wildman–Crippen LogP) is 4.10. The second kappa shape index (κ2) is 11.2. The van der Waals surface area contributed by atoms with Crippen molar-refractivity contribution in [2.45, 2.75) is 43.9 Å². The zero-order valence-electron chi connectivity index (χ0n) is 25.2. The lowest BCUT2D eigenvalue weighted by molar-refractivity contribution is -0.119. The molecule has 5 heterocycles. The van der Waals surface area contributed by atoms with Gasteiger partial charge in [0.05, 0.1) is 23.7 Å². The highest BCUT2D eigenvalue weighted by Gasteiger charge is 2.49. The van der Waals surface area contributed by atoms with Crippen LogP contribution >= 0.6 is 0 Å². The molecule has 0 saturated carbocycles. The Morgan fingerprint density at radius 3 is 2.87 bits per heavy atom. The van der Waals surface area contributed by atoms with Gasteiger partial charge in [-0.2, -0.15) is 9.97 Å². The largest absolute Gasteiger partial charge is 0.508 e. The van der Waals surface area contributed by atoms with E-state index in [1.165, 1.54) is 31.3 Å². The molecule has 2 fully saturated rings. The number of phenols is 1. The Kier molecular flexibility index (Phi) is 7.27. The number of aromatic nitrogens is 3. The molecule has 0 radical (unpaired) electrons. The number of hydrogen-bond donors (Lipinski definition) is 2. The van der Waals surface area contributed by atoms with E-state index in [9.17, 15) is 18.7 Å². The standard InChI is InChI=1S/C33H31F3N6O4/c1-4-21-23(35)7-6-18-10-20(43)11-22(25(18)21)28-27(36)29-26-30(42(14-24(44)37-3)17(2)15-45-31(26)38-28)40-32(39-29)46-16-33-8-5-9-41(33)13-19(34)12-33/h1,6-7,10-11,17,19,43H,5,8-9,12-16H2,2-3H3,(H,37,44)/t17-,19+,33-/m0/s1. The van der Waals surface area contributed by atoms with Crippen molar-refractivity contribution in [2.24, 2.45) is 0 Å². The maximum absolute atomic E-state index is 16.9. The first-order valence-electron chi connectivity index (χ1n) is 15.1. The van der Waals surface area contributed by atoms with E-state index in [0.717, 1.165) is 19.4 Å². The number of phenolic OH excluding ortho intramolecular Hbond substituents is 1. The van der Waals surface area contributed by atoms with Crippen molar-refractivity contribution in [2.75, 3.05) is 44.8 Å². The second-order valence-electron chi connectivity index (χ2n) is 12.1. The van der Waals surface area contributed by atoms with E-state index in [1.54, 1.807) is 4.90 Å². The average molecular weight is 633 g/mol. The first-order valence-corrected chi connectivity index (χ1v) is 15.1. The van der Waals surface area contributed by atoms with Crippen molar-refractivity contribution in [3.8, 4) is 41.2 Å². The number of nitrogens with zero attached hydrogens (tertiary/aromatic N) is 5. The molecule has 2 aromatic carbocycles. The number of alkyl halides is 1. The number of pyridine rings is 1. The van der Waals surface area contributed by atoms with E-state index in [4.69, 9.17) is 15.9 Å². The number of halogens is 3. The zero-order chi connectivity index (χ0) is 32.3. The lowest BCUT2D eigenvalue weighted by Gasteiger charge is -2.31. The minimum absolute atomic E-state index is 0.0222. The van der Waals surface area contributed by atoms with Gasteiger partial charge in [-0.1, -0.05) is 12.0 Å². The molecule has 4 aromatic rings. The summed E-state index contributed by atoms with van der Waals surface area (Å²) < 4.78 is 58.5. The molecule has 0 unspecified atom stereocenters. The molecule has 0 spiro atoms. The van der Waals surface area contributed by atoms with E-state index >= 15 is 4.39 Å². The minimum Gasteiger partial charge on any atom is -0.508 e. The number of carbonyl (C=O) groups excluding carboxylic acids is 1. The summed E-state index contributed by atoms with van der Waals surface area (Å²) in [6.45, 7) is 2.92. The van der Waals surface area contributed by atoms with Gasteiger partial charge in [0.1, 0.15) is 53.4 Å². The first-order chi connectivity index (χ1) is 22.1. The van der Waals surface area contributed by atoms with Crippen molar-refractivity contribution in [1.29, 1.82) is 0 Å². The van der Waals surface area contributed by atoms with Crippen molar-refractivity contribution >= 4 is 33.4 Å². The van der Waals surface area contributed by atoms with E-state index in [-0.39, 0.29) is 82.2 Å². The van der Waals surface area contributed by atoms with Crippen LogP contribution in [0.25, 0.3) is 32.9 Å². The van der Waals surface area contributed by atoms with Crippen LogP contribution in [0.1, 0.15) is 31.7 Å². The number of benzene rings is 2. The maximum atomic E-state index is 16.9. The van der Waals surface area contributed by atoms with Crippen molar-refractivity contribution in [3.63, 3.8) is 0 Å². The zero-order valence-corrected chi connectivity index (χ0v) is 25.2. The van der Waals surface area contributed by atoms with Crippen LogP contribution < -0.4 is 19.7 Å². The molecule has 10 nitrogen and oxygen atoms in total. The highest BCUT2D eigenvalue weighted by atomic mass is 19.1. The number of ether oxygens (including phenoxy) is 2. The van der Waals surface area contributed by atoms with Gasteiger partial charge in [0.15, 0.2) is 5.82 Å². The predicted molar refractivity (Wildman–Crippen MR) is 165 cm³/mol. The monoisotopic (exact) mass is 632 g/mol. The third-order valence-corrected chi connectivity index (χ3v) is 9.25. The van der Waals surface area contributed by atoms with Crippen LogP contribution in [0.5, 0.6) is 17.6 Å². The molecule has 2 aromatic heterocycles.